The van der Waals surface area contributed by atoms with E-state index in [-0.39, 0.29) is 31.3 Å². The monoisotopic (exact) mass is 321 g/mol. The number of carboxylic acid groups (broad SMARTS) is 1. The van der Waals surface area contributed by atoms with Crippen molar-refractivity contribution in [2.24, 2.45) is 17.3 Å². The minimum atomic E-state index is -1.57. The molecule has 128 valence electrons. The van der Waals surface area contributed by atoms with E-state index in [4.69, 9.17) is 10.5 Å². The normalized spacial score (nSPS) is 13.8. The molecule has 0 aliphatic carbocycles. The highest BCUT2D eigenvalue weighted by molar-refractivity contribution is 5.99. The SMILES string of the molecule is CC(C)COC(=O)C(Cc1ccc(N)cc1)(CC(C)C)C(=O)O. The third-order valence-corrected chi connectivity index (χ3v) is 3.59. The van der Waals surface area contributed by atoms with Crippen molar-refractivity contribution in [1.29, 1.82) is 0 Å². The van der Waals surface area contributed by atoms with Crippen LogP contribution in [0, 0.1) is 17.3 Å². The largest absolute Gasteiger partial charge is 0.480 e. The maximum Gasteiger partial charge on any atom is 0.323 e. The number of ether oxygens (including phenoxy) is 1. The van der Waals surface area contributed by atoms with Crippen molar-refractivity contribution in [3.8, 4) is 0 Å². The highest BCUT2D eigenvalue weighted by Gasteiger charge is 2.48. The molecule has 1 atom stereocenters. The average Bonchev–Trinajstić information content (AvgIpc) is 2.45. The molecule has 0 amide bonds. The third-order valence-electron chi connectivity index (χ3n) is 3.59. The number of carbonyl (C=O) groups is 2. The van der Waals surface area contributed by atoms with Crippen LogP contribution in [0.1, 0.15) is 39.7 Å². The lowest BCUT2D eigenvalue weighted by molar-refractivity contribution is -0.171. The van der Waals surface area contributed by atoms with Gasteiger partial charge in [-0.2, -0.15) is 0 Å². The summed E-state index contributed by atoms with van der Waals surface area (Å²) in [7, 11) is 0. The highest BCUT2D eigenvalue weighted by atomic mass is 16.5. The second-order valence-electron chi connectivity index (χ2n) is 6.90. The van der Waals surface area contributed by atoms with Crippen molar-refractivity contribution in [2.45, 2.75) is 40.5 Å². The molecule has 0 aliphatic rings. The lowest BCUT2D eigenvalue weighted by atomic mass is 9.75. The van der Waals surface area contributed by atoms with Crippen molar-refractivity contribution in [3.63, 3.8) is 0 Å². The van der Waals surface area contributed by atoms with Gasteiger partial charge in [-0.1, -0.05) is 39.8 Å². The smallest absolute Gasteiger partial charge is 0.323 e. The van der Waals surface area contributed by atoms with Gasteiger partial charge < -0.3 is 15.6 Å². The van der Waals surface area contributed by atoms with Crippen molar-refractivity contribution < 1.29 is 19.4 Å². The molecule has 1 unspecified atom stereocenters. The second kappa shape index (κ2) is 7.99. The van der Waals surface area contributed by atoms with Crippen molar-refractivity contribution >= 4 is 17.6 Å². The topological polar surface area (TPSA) is 89.6 Å². The first-order chi connectivity index (χ1) is 10.7. The molecule has 0 saturated heterocycles. The van der Waals surface area contributed by atoms with Gasteiger partial charge in [0.05, 0.1) is 6.61 Å². The van der Waals surface area contributed by atoms with Crippen LogP contribution in [0.15, 0.2) is 24.3 Å². The summed E-state index contributed by atoms with van der Waals surface area (Å²) < 4.78 is 5.28. The van der Waals surface area contributed by atoms with Crippen LogP contribution in [0.3, 0.4) is 0 Å². The number of carbonyl (C=O) groups excluding carboxylic acids is 1. The Morgan fingerprint density at radius 1 is 1.13 bits per heavy atom. The number of hydrogen-bond acceptors (Lipinski definition) is 4. The first-order valence-corrected chi connectivity index (χ1v) is 7.92. The van der Waals surface area contributed by atoms with Crippen LogP contribution in [0.5, 0.6) is 0 Å². The number of nitrogen functional groups attached to an aromatic ring is 1. The Balaban J connectivity index is 3.13. The van der Waals surface area contributed by atoms with E-state index in [9.17, 15) is 14.7 Å². The fraction of sp³-hybridized carbons (Fsp3) is 0.556. The number of esters is 1. The summed E-state index contributed by atoms with van der Waals surface area (Å²) in [6.45, 7) is 7.84. The summed E-state index contributed by atoms with van der Waals surface area (Å²) in [6, 6.07) is 6.92. The van der Waals surface area contributed by atoms with E-state index in [0.717, 1.165) is 5.56 Å². The zero-order valence-corrected chi connectivity index (χ0v) is 14.3. The number of benzene rings is 1. The molecule has 0 fully saturated rings. The number of carboxylic acids is 1. The Bertz CT molecular complexity index is 536. The molecule has 0 saturated carbocycles. The summed E-state index contributed by atoms with van der Waals surface area (Å²) in [4.78, 5) is 24.6. The van der Waals surface area contributed by atoms with Crippen molar-refractivity contribution in [1.82, 2.24) is 0 Å². The van der Waals surface area contributed by atoms with Gasteiger partial charge in [-0.3, -0.25) is 9.59 Å². The zero-order valence-electron chi connectivity index (χ0n) is 14.3. The lowest BCUT2D eigenvalue weighted by Gasteiger charge is -2.29. The minimum Gasteiger partial charge on any atom is -0.480 e. The molecule has 0 bridgehead atoms. The number of anilines is 1. The molecule has 5 nitrogen and oxygen atoms in total. The molecule has 1 aromatic rings. The standard InChI is InChI=1S/C18H27NO4/c1-12(2)9-18(16(20)21,17(22)23-11-13(3)4)10-14-5-7-15(19)8-6-14/h5-8,12-13H,9-11,19H2,1-4H3,(H,20,21). The summed E-state index contributed by atoms with van der Waals surface area (Å²) in [5.74, 6) is -1.60. The molecule has 0 spiro atoms. The highest BCUT2D eigenvalue weighted by Crippen LogP contribution is 2.33. The van der Waals surface area contributed by atoms with Crippen LogP contribution in [0.25, 0.3) is 0 Å². The first kappa shape index (κ1) is 19.0. The van der Waals surface area contributed by atoms with Crippen LogP contribution in [0.2, 0.25) is 0 Å². The van der Waals surface area contributed by atoms with Crippen LogP contribution < -0.4 is 5.73 Å². The van der Waals surface area contributed by atoms with Gasteiger partial charge in [0.15, 0.2) is 5.41 Å². The maximum atomic E-state index is 12.6. The van der Waals surface area contributed by atoms with Crippen LogP contribution in [-0.4, -0.2) is 23.7 Å². The maximum absolute atomic E-state index is 12.6. The molecular formula is C18H27NO4. The Kier molecular flexibility index (Phi) is 6.61. The molecular weight excluding hydrogens is 294 g/mol. The third kappa shape index (κ3) is 5.27. The quantitative estimate of drug-likeness (QED) is 0.436. The molecule has 5 heteroatoms. The molecule has 0 heterocycles. The number of rotatable bonds is 8. The van der Waals surface area contributed by atoms with Gasteiger partial charge in [-0.15, -0.1) is 0 Å². The molecule has 0 radical (unpaired) electrons. The van der Waals surface area contributed by atoms with E-state index in [1.54, 1.807) is 24.3 Å². The molecule has 0 aromatic heterocycles. The number of hydrogen-bond donors (Lipinski definition) is 2. The minimum absolute atomic E-state index is 0.0477. The Morgan fingerprint density at radius 2 is 1.70 bits per heavy atom. The summed E-state index contributed by atoms with van der Waals surface area (Å²) >= 11 is 0. The lowest BCUT2D eigenvalue weighted by Crippen LogP contribution is -2.44. The van der Waals surface area contributed by atoms with E-state index >= 15 is 0 Å². The first-order valence-electron chi connectivity index (χ1n) is 7.92. The summed E-state index contributed by atoms with van der Waals surface area (Å²) in [6.07, 6.45) is 0.321. The Morgan fingerprint density at radius 3 is 2.13 bits per heavy atom. The number of nitrogens with two attached hydrogens (primary N) is 1. The zero-order chi connectivity index (χ0) is 17.6. The van der Waals surface area contributed by atoms with Gasteiger partial charge in [-0.25, -0.2) is 0 Å². The van der Waals surface area contributed by atoms with Gasteiger partial charge in [0.1, 0.15) is 0 Å². The van der Waals surface area contributed by atoms with E-state index in [1.807, 2.05) is 27.7 Å². The Labute approximate surface area is 137 Å². The molecule has 3 N–H and O–H groups in total. The summed E-state index contributed by atoms with van der Waals surface area (Å²) in [5, 5.41) is 9.80. The van der Waals surface area contributed by atoms with E-state index in [0.29, 0.717) is 5.69 Å². The molecule has 1 rings (SSSR count). The van der Waals surface area contributed by atoms with Crippen molar-refractivity contribution in [2.75, 3.05) is 12.3 Å². The van der Waals surface area contributed by atoms with Gasteiger partial charge in [-0.05, 0) is 42.4 Å². The predicted octanol–water partition coefficient (Wildman–Crippen LogP) is 3.13. The molecule has 23 heavy (non-hydrogen) atoms. The van der Waals surface area contributed by atoms with Crippen molar-refractivity contribution in [3.05, 3.63) is 29.8 Å². The fourth-order valence-corrected chi connectivity index (χ4v) is 2.54. The number of aliphatic carboxylic acids is 1. The summed E-state index contributed by atoms with van der Waals surface area (Å²) in [5.41, 5.74) is 5.45. The fourth-order valence-electron chi connectivity index (χ4n) is 2.54. The van der Waals surface area contributed by atoms with E-state index in [1.165, 1.54) is 0 Å². The van der Waals surface area contributed by atoms with Crippen LogP contribution in [0.4, 0.5) is 5.69 Å². The second-order valence-corrected chi connectivity index (χ2v) is 6.90. The van der Waals surface area contributed by atoms with Gasteiger partial charge in [0.25, 0.3) is 0 Å². The van der Waals surface area contributed by atoms with Crippen LogP contribution >= 0.6 is 0 Å². The molecule has 1 aromatic carbocycles. The van der Waals surface area contributed by atoms with E-state index in [2.05, 4.69) is 0 Å². The Hall–Kier alpha value is -2.04. The van der Waals surface area contributed by atoms with Gasteiger partial charge in [0.2, 0.25) is 0 Å². The molecule has 0 aliphatic heterocycles. The van der Waals surface area contributed by atoms with Gasteiger partial charge >= 0.3 is 11.9 Å². The van der Waals surface area contributed by atoms with Crippen LogP contribution in [-0.2, 0) is 20.7 Å². The predicted molar refractivity (Wildman–Crippen MR) is 89.9 cm³/mol. The van der Waals surface area contributed by atoms with Gasteiger partial charge in [0, 0.05) is 5.69 Å². The van der Waals surface area contributed by atoms with E-state index < -0.39 is 17.4 Å². The average molecular weight is 321 g/mol.